The molecule has 0 fully saturated rings. The fraction of sp³-hybridized carbons (Fsp3) is 0.300. The molecular formula is C10H11Cl2NO. The van der Waals surface area contributed by atoms with E-state index in [1.54, 1.807) is 13.0 Å². The molecule has 0 aromatic heterocycles. The predicted molar refractivity (Wildman–Crippen MR) is 58.6 cm³/mol. The topological polar surface area (TPSA) is 29.1 Å². The first-order valence-electron chi connectivity index (χ1n) is 4.26. The fourth-order valence-electron chi connectivity index (χ4n) is 0.965. The lowest BCUT2D eigenvalue weighted by Gasteiger charge is -2.07. The largest absolute Gasteiger partial charge is 0.351 e. The van der Waals surface area contributed by atoms with Crippen LogP contribution in [0.5, 0.6) is 0 Å². The highest BCUT2D eigenvalue weighted by Crippen LogP contribution is 2.14. The molecule has 0 aliphatic heterocycles. The average Bonchev–Trinajstić information content (AvgIpc) is 2.16. The number of amides is 1. The van der Waals surface area contributed by atoms with E-state index in [4.69, 9.17) is 23.2 Å². The summed E-state index contributed by atoms with van der Waals surface area (Å²) < 4.78 is 0. The van der Waals surface area contributed by atoms with Crippen LogP contribution in [0.4, 0.5) is 0 Å². The second-order valence-corrected chi connectivity index (χ2v) is 3.99. The zero-order valence-electron chi connectivity index (χ0n) is 7.76. The number of benzene rings is 1. The first-order chi connectivity index (χ1) is 6.61. The van der Waals surface area contributed by atoms with Crippen LogP contribution in [-0.2, 0) is 11.3 Å². The standard InChI is InChI=1S/C10H11Cl2NO/c1-7(11)10(14)13-6-8-4-2-3-5-9(8)12/h2-5,7H,6H2,1H3,(H,13,14)/t7-/m1/s1. The van der Waals surface area contributed by atoms with Crippen molar-refractivity contribution in [3.8, 4) is 0 Å². The quantitative estimate of drug-likeness (QED) is 0.797. The van der Waals surface area contributed by atoms with E-state index in [1.807, 2.05) is 18.2 Å². The van der Waals surface area contributed by atoms with Gasteiger partial charge < -0.3 is 5.32 Å². The monoisotopic (exact) mass is 231 g/mol. The van der Waals surface area contributed by atoms with Crippen LogP contribution in [0.25, 0.3) is 0 Å². The first-order valence-corrected chi connectivity index (χ1v) is 5.08. The van der Waals surface area contributed by atoms with E-state index in [2.05, 4.69) is 5.32 Å². The zero-order valence-corrected chi connectivity index (χ0v) is 9.27. The molecule has 0 spiro atoms. The Bertz CT molecular complexity index is 326. The van der Waals surface area contributed by atoms with Gasteiger partial charge >= 0.3 is 0 Å². The molecule has 1 aromatic carbocycles. The van der Waals surface area contributed by atoms with Crippen molar-refractivity contribution in [2.75, 3.05) is 0 Å². The van der Waals surface area contributed by atoms with Crippen LogP contribution in [0, 0.1) is 0 Å². The van der Waals surface area contributed by atoms with Crippen molar-refractivity contribution in [2.45, 2.75) is 18.8 Å². The molecule has 0 aliphatic carbocycles. The number of carbonyl (C=O) groups is 1. The van der Waals surface area contributed by atoms with E-state index in [0.717, 1.165) is 5.56 Å². The van der Waals surface area contributed by atoms with Gasteiger partial charge in [0.05, 0.1) is 0 Å². The molecule has 1 aromatic rings. The van der Waals surface area contributed by atoms with Crippen LogP contribution in [0.2, 0.25) is 5.02 Å². The number of alkyl halides is 1. The second-order valence-electron chi connectivity index (χ2n) is 2.93. The van der Waals surface area contributed by atoms with Crippen molar-refractivity contribution in [1.82, 2.24) is 5.32 Å². The minimum atomic E-state index is -0.516. The summed E-state index contributed by atoms with van der Waals surface area (Å²) in [5, 5.41) is 2.82. The van der Waals surface area contributed by atoms with Gasteiger partial charge in [-0.15, -0.1) is 11.6 Å². The highest BCUT2D eigenvalue weighted by molar-refractivity contribution is 6.31. The van der Waals surface area contributed by atoms with Crippen molar-refractivity contribution in [3.63, 3.8) is 0 Å². The van der Waals surface area contributed by atoms with Crippen LogP contribution in [0.15, 0.2) is 24.3 Å². The van der Waals surface area contributed by atoms with Gasteiger partial charge in [0.15, 0.2) is 0 Å². The number of carbonyl (C=O) groups excluding carboxylic acids is 1. The van der Waals surface area contributed by atoms with Gasteiger partial charge in [-0.05, 0) is 18.6 Å². The van der Waals surface area contributed by atoms with Gasteiger partial charge in [0.1, 0.15) is 5.38 Å². The first kappa shape index (κ1) is 11.3. The van der Waals surface area contributed by atoms with E-state index >= 15 is 0 Å². The zero-order chi connectivity index (χ0) is 10.6. The molecule has 1 rings (SSSR count). The minimum absolute atomic E-state index is 0.188. The van der Waals surface area contributed by atoms with Crippen LogP contribution in [0.3, 0.4) is 0 Å². The van der Waals surface area contributed by atoms with Crippen molar-refractivity contribution in [3.05, 3.63) is 34.9 Å². The summed E-state index contributed by atoms with van der Waals surface area (Å²) in [5.74, 6) is -0.188. The van der Waals surface area contributed by atoms with Gasteiger partial charge in [0.25, 0.3) is 0 Å². The molecule has 4 heteroatoms. The summed E-state index contributed by atoms with van der Waals surface area (Å²) in [6, 6.07) is 7.37. The Morgan fingerprint density at radius 1 is 1.50 bits per heavy atom. The molecule has 14 heavy (non-hydrogen) atoms. The number of rotatable bonds is 3. The van der Waals surface area contributed by atoms with Crippen LogP contribution in [-0.4, -0.2) is 11.3 Å². The predicted octanol–water partition coefficient (Wildman–Crippen LogP) is 2.58. The summed E-state index contributed by atoms with van der Waals surface area (Å²) in [7, 11) is 0. The molecule has 76 valence electrons. The van der Waals surface area contributed by atoms with E-state index in [-0.39, 0.29) is 5.91 Å². The van der Waals surface area contributed by atoms with E-state index < -0.39 is 5.38 Å². The Balaban J connectivity index is 2.54. The third-order valence-corrected chi connectivity index (χ3v) is 2.34. The Kier molecular flexibility index (Phi) is 4.23. The van der Waals surface area contributed by atoms with E-state index in [9.17, 15) is 4.79 Å². The highest BCUT2D eigenvalue weighted by Gasteiger charge is 2.08. The summed E-state index contributed by atoms with van der Waals surface area (Å²) in [6.07, 6.45) is 0. The van der Waals surface area contributed by atoms with Gasteiger partial charge in [-0.3, -0.25) is 4.79 Å². The molecule has 0 aliphatic rings. The molecule has 0 saturated heterocycles. The maximum atomic E-state index is 11.1. The molecule has 0 unspecified atom stereocenters. The lowest BCUT2D eigenvalue weighted by atomic mass is 10.2. The summed E-state index contributed by atoms with van der Waals surface area (Å²) in [4.78, 5) is 11.1. The minimum Gasteiger partial charge on any atom is -0.351 e. The van der Waals surface area contributed by atoms with Gasteiger partial charge in [-0.1, -0.05) is 29.8 Å². The normalized spacial score (nSPS) is 12.2. The van der Waals surface area contributed by atoms with Gasteiger partial charge in [-0.2, -0.15) is 0 Å². The van der Waals surface area contributed by atoms with Crippen molar-refractivity contribution in [2.24, 2.45) is 0 Å². The van der Waals surface area contributed by atoms with Gasteiger partial charge in [-0.25, -0.2) is 0 Å². The molecule has 1 amide bonds. The summed E-state index contributed by atoms with van der Waals surface area (Å²) in [6.45, 7) is 2.04. The van der Waals surface area contributed by atoms with Gasteiger partial charge in [0.2, 0.25) is 5.91 Å². The van der Waals surface area contributed by atoms with Crippen LogP contribution < -0.4 is 5.32 Å². The molecule has 0 heterocycles. The molecule has 0 saturated carbocycles. The highest BCUT2D eigenvalue weighted by atomic mass is 35.5. The lowest BCUT2D eigenvalue weighted by Crippen LogP contribution is -2.29. The second kappa shape index (κ2) is 5.23. The third-order valence-electron chi connectivity index (χ3n) is 1.77. The van der Waals surface area contributed by atoms with Crippen molar-refractivity contribution < 1.29 is 4.79 Å². The number of halogens is 2. The van der Waals surface area contributed by atoms with E-state index in [1.165, 1.54) is 0 Å². The summed E-state index contributed by atoms with van der Waals surface area (Å²) in [5.41, 5.74) is 0.889. The molecule has 1 atom stereocenters. The Morgan fingerprint density at radius 3 is 2.71 bits per heavy atom. The average molecular weight is 232 g/mol. The molecule has 2 nitrogen and oxygen atoms in total. The molecule has 0 bridgehead atoms. The molecular weight excluding hydrogens is 221 g/mol. The lowest BCUT2D eigenvalue weighted by molar-refractivity contribution is -0.120. The van der Waals surface area contributed by atoms with Crippen molar-refractivity contribution >= 4 is 29.1 Å². The maximum absolute atomic E-state index is 11.1. The van der Waals surface area contributed by atoms with Crippen LogP contribution >= 0.6 is 23.2 Å². The molecule has 1 N–H and O–H groups in total. The Hall–Kier alpha value is -0.730. The Morgan fingerprint density at radius 2 is 2.14 bits per heavy atom. The number of hydrogen-bond acceptors (Lipinski definition) is 1. The SMILES string of the molecule is C[C@@H](Cl)C(=O)NCc1ccccc1Cl. The van der Waals surface area contributed by atoms with Gasteiger partial charge in [0, 0.05) is 11.6 Å². The number of hydrogen-bond donors (Lipinski definition) is 1. The third kappa shape index (κ3) is 3.20. The maximum Gasteiger partial charge on any atom is 0.238 e. The summed E-state index contributed by atoms with van der Waals surface area (Å²) >= 11 is 11.5. The fourth-order valence-corrected chi connectivity index (χ4v) is 1.24. The van der Waals surface area contributed by atoms with Crippen molar-refractivity contribution in [1.29, 1.82) is 0 Å². The smallest absolute Gasteiger partial charge is 0.238 e. The van der Waals surface area contributed by atoms with E-state index in [0.29, 0.717) is 11.6 Å². The van der Waals surface area contributed by atoms with Crippen LogP contribution in [0.1, 0.15) is 12.5 Å². The molecule has 0 radical (unpaired) electrons. The number of nitrogens with one attached hydrogen (secondary N) is 1. The Labute approximate surface area is 93.2 Å².